The second-order valence-electron chi connectivity index (χ2n) is 6.42. The fourth-order valence-electron chi connectivity index (χ4n) is 3.06. The molecular formula is C18H22N4O3S. The second kappa shape index (κ2) is 7.41. The largest absolute Gasteiger partial charge is 0.347 e. The molecule has 1 aliphatic rings. The number of anilines is 2. The fraction of sp³-hybridized carbons (Fsp3) is 0.389. The van der Waals surface area contributed by atoms with Crippen molar-refractivity contribution in [3.63, 3.8) is 0 Å². The van der Waals surface area contributed by atoms with Crippen LogP contribution in [-0.2, 0) is 9.84 Å². The summed E-state index contributed by atoms with van der Waals surface area (Å²) in [6.45, 7) is 4.71. The van der Waals surface area contributed by atoms with Crippen LogP contribution in [0.2, 0.25) is 0 Å². The summed E-state index contributed by atoms with van der Waals surface area (Å²) in [6.07, 6.45) is 1.80. The van der Waals surface area contributed by atoms with E-state index in [1.807, 2.05) is 36.9 Å². The molecule has 8 heteroatoms. The van der Waals surface area contributed by atoms with E-state index >= 15 is 0 Å². The van der Waals surface area contributed by atoms with Crippen molar-refractivity contribution >= 4 is 27.2 Å². The number of hydrogen-bond acceptors (Lipinski definition) is 6. The van der Waals surface area contributed by atoms with Crippen LogP contribution >= 0.6 is 0 Å². The van der Waals surface area contributed by atoms with Gasteiger partial charge in [-0.05, 0) is 38.0 Å². The predicted octanol–water partition coefficient (Wildman–Crippen LogP) is 1.86. The molecule has 1 saturated heterocycles. The fourth-order valence-corrected chi connectivity index (χ4v) is 4.73. The number of carbonyl (C=O) groups excluding carboxylic acids is 1. The summed E-state index contributed by atoms with van der Waals surface area (Å²) in [4.78, 5) is 22.8. The van der Waals surface area contributed by atoms with Gasteiger partial charge in [-0.3, -0.25) is 4.79 Å². The molecule has 2 heterocycles. The quantitative estimate of drug-likeness (QED) is 0.859. The lowest BCUT2D eigenvalue weighted by molar-refractivity contribution is 0.0936. The maximum atomic E-state index is 12.5. The number of nitrogens with zero attached hydrogens (tertiary/aromatic N) is 3. The minimum Gasteiger partial charge on any atom is -0.347 e. The van der Waals surface area contributed by atoms with E-state index in [9.17, 15) is 13.2 Å². The number of nitrogens with one attached hydrogen (secondary N) is 1. The summed E-state index contributed by atoms with van der Waals surface area (Å²) in [7, 11) is -3.04. The standard InChI is InChI=1S/C18H22N4O3S/c1-3-22(15-6-4-5-13(2)9-15)17-10-16(19-12-20-17)18(23)21-14-7-8-26(24,25)11-14/h4-6,9-10,12,14H,3,7-8,11H2,1-2H3,(H,21,23). The first-order valence-corrected chi connectivity index (χ1v) is 10.4. The lowest BCUT2D eigenvalue weighted by Gasteiger charge is -2.22. The lowest BCUT2D eigenvalue weighted by Crippen LogP contribution is -2.36. The minimum atomic E-state index is -3.04. The molecule has 1 aromatic heterocycles. The van der Waals surface area contributed by atoms with E-state index in [0.29, 0.717) is 18.8 Å². The van der Waals surface area contributed by atoms with Gasteiger partial charge in [0.1, 0.15) is 17.8 Å². The molecule has 0 saturated carbocycles. The van der Waals surface area contributed by atoms with E-state index in [2.05, 4.69) is 21.4 Å². The van der Waals surface area contributed by atoms with Gasteiger partial charge < -0.3 is 10.2 Å². The van der Waals surface area contributed by atoms with Crippen LogP contribution in [0.25, 0.3) is 0 Å². The Kier molecular flexibility index (Phi) is 5.22. The highest BCUT2D eigenvalue weighted by Crippen LogP contribution is 2.24. The maximum absolute atomic E-state index is 12.5. The summed E-state index contributed by atoms with van der Waals surface area (Å²) in [5, 5.41) is 2.76. The Morgan fingerprint density at radius 1 is 1.31 bits per heavy atom. The molecule has 3 rings (SSSR count). The zero-order valence-corrected chi connectivity index (χ0v) is 15.7. The van der Waals surface area contributed by atoms with Crippen molar-refractivity contribution in [2.75, 3.05) is 23.0 Å². The Balaban J connectivity index is 1.80. The Morgan fingerprint density at radius 3 is 2.77 bits per heavy atom. The Hall–Kier alpha value is -2.48. The molecule has 26 heavy (non-hydrogen) atoms. The number of aryl methyl sites for hydroxylation is 1. The third kappa shape index (κ3) is 4.19. The van der Waals surface area contributed by atoms with Crippen LogP contribution in [0.5, 0.6) is 0 Å². The minimum absolute atomic E-state index is 0.0128. The zero-order chi connectivity index (χ0) is 18.7. The van der Waals surface area contributed by atoms with Gasteiger partial charge in [-0.2, -0.15) is 0 Å². The van der Waals surface area contributed by atoms with Crippen molar-refractivity contribution < 1.29 is 13.2 Å². The van der Waals surface area contributed by atoms with E-state index in [4.69, 9.17) is 0 Å². The van der Waals surface area contributed by atoms with Gasteiger partial charge in [0.25, 0.3) is 5.91 Å². The van der Waals surface area contributed by atoms with Crippen molar-refractivity contribution in [1.29, 1.82) is 0 Å². The van der Waals surface area contributed by atoms with Gasteiger partial charge in [-0.25, -0.2) is 18.4 Å². The van der Waals surface area contributed by atoms with Crippen molar-refractivity contribution in [3.05, 3.63) is 47.9 Å². The molecule has 1 fully saturated rings. The molecule has 1 aromatic carbocycles. The van der Waals surface area contributed by atoms with Crippen LogP contribution < -0.4 is 10.2 Å². The number of benzene rings is 1. The molecule has 0 radical (unpaired) electrons. The SMILES string of the molecule is CCN(c1cccc(C)c1)c1cc(C(=O)NC2CCS(=O)(=O)C2)ncn1. The van der Waals surface area contributed by atoms with Crippen LogP contribution in [0, 0.1) is 6.92 Å². The molecule has 0 bridgehead atoms. The predicted molar refractivity (Wildman–Crippen MR) is 100 cm³/mol. The van der Waals surface area contributed by atoms with Crippen molar-refractivity contribution in [2.45, 2.75) is 26.3 Å². The van der Waals surface area contributed by atoms with E-state index in [0.717, 1.165) is 11.3 Å². The monoisotopic (exact) mass is 374 g/mol. The molecule has 138 valence electrons. The molecular weight excluding hydrogens is 352 g/mol. The Morgan fingerprint density at radius 2 is 2.12 bits per heavy atom. The van der Waals surface area contributed by atoms with E-state index in [1.54, 1.807) is 6.07 Å². The summed E-state index contributed by atoms with van der Waals surface area (Å²) in [5.74, 6) is 0.346. The van der Waals surface area contributed by atoms with Gasteiger partial charge in [0, 0.05) is 24.3 Å². The van der Waals surface area contributed by atoms with Gasteiger partial charge in [0.15, 0.2) is 9.84 Å². The van der Waals surface area contributed by atoms with Gasteiger partial charge in [0.05, 0.1) is 11.5 Å². The number of aromatic nitrogens is 2. The van der Waals surface area contributed by atoms with Crippen molar-refractivity contribution in [1.82, 2.24) is 15.3 Å². The Labute approximate surface area is 153 Å². The summed E-state index contributed by atoms with van der Waals surface area (Å²) in [5.41, 5.74) is 2.35. The average molecular weight is 374 g/mol. The van der Waals surface area contributed by atoms with Crippen LogP contribution in [0.3, 0.4) is 0 Å². The third-order valence-electron chi connectivity index (χ3n) is 4.36. The maximum Gasteiger partial charge on any atom is 0.270 e. The number of amides is 1. The first-order valence-electron chi connectivity index (χ1n) is 8.55. The number of rotatable bonds is 5. The van der Waals surface area contributed by atoms with Crippen molar-refractivity contribution in [2.24, 2.45) is 0 Å². The smallest absolute Gasteiger partial charge is 0.270 e. The van der Waals surface area contributed by atoms with Crippen LogP contribution in [-0.4, -0.2) is 48.4 Å². The van der Waals surface area contributed by atoms with E-state index in [1.165, 1.54) is 6.33 Å². The highest BCUT2D eigenvalue weighted by Gasteiger charge is 2.29. The second-order valence-corrected chi connectivity index (χ2v) is 8.65. The first kappa shape index (κ1) is 18.3. The van der Waals surface area contributed by atoms with E-state index in [-0.39, 0.29) is 29.1 Å². The van der Waals surface area contributed by atoms with E-state index < -0.39 is 9.84 Å². The third-order valence-corrected chi connectivity index (χ3v) is 6.13. The molecule has 1 amide bonds. The first-order chi connectivity index (χ1) is 12.4. The average Bonchev–Trinajstić information content (AvgIpc) is 2.94. The molecule has 7 nitrogen and oxygen atoms in total. The van der Waals surface area contributed by atoms with Crippen LogP contribution in [0.1, 0.15) is 29.4 Å². The number of carbonyl (C=O) groups is 1. The summed E-state index contributed by atoms with van der Waals surface area (Å²) >= 11 is 0. The van der Waals surface area contributed by atoms with Gasteiger partial charge in [-0.15, -0.1) is 0 Å². The molecule has 0 spiro atoms. The van der Waals surface area contributed by atoms with Gasteiger partial charge in [0.2, 0.25) is 0 Å². The van der Waals surface area contributed by atoms with Crippen LogP contribution in [0.15, 0.2) is 36.7 Å². The molecule has 1 unspecified atom stereocenters. The molecule has 0 aliphatic carbocycles. The zero-order valence-electron chi connectivity index (χ0n) is 14.8. The highest BCUT2D eigenvalue weighted by molar-refractivity contribution is 7.91. The summed E-state index contributed by atoms with van der Waals surface area (Å²) in [6, 6.07) is 9.31. The molecule has 1 N–H and O–H groups in total. The number of hydrogen-bond donors (Lipinski definition) is 1. The van der Waals surface area contributed by atoms with Crippen molar-refractivity contribution in [3.8, 4) is 0 Å². The normalized spacial score (nSPS) is 18.5. The topological polar surface area (TPSA) is 92.3 Å². The lowest BCUT2D eigenvalue weighted by atomic mass is 10.2. The van der Waals surface area contributed by atoms with Crippen LogP contribution in [0.4, 0.5) is 11.5 Å². The Bertz CT molecular complexity index is 914. The van der Waals surface area contributed by atoms with Gasteiger partial charge >= 0.3 is 0 Å². The molecule has 1 atom stereocenters. The molecule has 2 aromatic rings. The molecule has 1 aliphatic heterocycles. The highest BCUT2D eigenvalue weighted by atomic mass is 32.2. The van der Waals surface area contributed by atoms with Gasteiger partial charge in [-0.1, -0.05) is 12.1 Å². The summed E-state index contributed by atoms with van der Waals surface area (Å²) < 4.78 is 23.1. The number of sulfone groups is 1.